The molecular weight excluding hydrogens is 296 g/mol. The Morgan fingerprint density at radius 1 is 1.04 bits per heavy atom. The lowest BCUT2D eigenvalue weighted by Crippen LogP contribution is -2.56. The Kier molecular flexibility index (Phi) is 7.00. The summed E-state index contributed by atoms with van der Waals surface area (Å²) in [5, 5.41) is 0.470. The van der Waals surface area contributed by atoms with Gasteiger partial charge in [0.05, 0.1) is 0 Å². The van der Waals surface area contributed by atoms with Gasteiger partial charge in [0.15, 0.2) is 0 Å². The van der Waals surface area contributed by atoms with Crippen molar-refractivity contribution >= 4 is 8.32 Å². The minimum absolute atomic E-state index is 0.161. The molecule has 1 nitrogen and oxygen atoms in total. The van der Waals surface area contributed by atoms with Crippen LogP contribution in [-0.2, 0) is 4.43 Å². The molecule has 0 saturated carbocycles. The van der Waals surface area contributed by atoms with Gasteiger partial charge in [0.25, 0.3) is 0 Å². The third-order valence-corrected chi connectivity index (χ3v) is 12.6. The van der Waals surface area contributed by atoms with E-state index in [-0.39, 0.29) is 16.2 Å². The smallest absolute Gasteiger partial charge is 0.208 e. The van der Waals surface area contributed by atoms with Crippen LogP contribution in [0.5, 0.6) is 0 Å². The van der Waals surface area contributed by atoms with Crippen LogP contribution in [-0.4, -0.2) is 14.4 Å². The Bertz CT molecular complexity index is 413. The molecule has 134 valence electrons. The lowest BCUT2D eigenvalue weighted by Gasteiger charge is -2.52. The van der Waals surface area contributed by atoms with Crippen LogP contribution in [0.2, 0.25) is 15.6 Å². The first-order valence-electron chi connectivity index (χ1n) is 9.63. The molecule has 1 saturated heterocycles. The fourth-order valence-electron chi connectivity index (χ4n) is 4.83. The summed E-state index contributed by atoms with van der Waals surface area (Å²) in [6, 6.07) is 0. The minimum Gasteiger partial charge on any atom is -0.402 e. The summed E-state index contributed by atoms with van der Waals surface area (Å²) in [4.78, 5) is 0. The molecule has 1 fully saturated rings. The quantitative estimate of drug-likeness (QED) is 0.307. The van der Waals surface area contributed by atoms with E-state index in [4.69, 9.17) is 4.43 Å². The fraction of sp³-hybridized carbons (Fsp3) is 0.905. The van der Waals surface area contributed by atoms with Gasteiger partial charge >= 0.3 is 0 Å². The van der Waals surface area contributed by atoms with Gasteiger partial charge in [-0.1, -0.05) is 81.1 Å². The van der Waals surface area contributed by atoms with E-state index in [2.05, 4.69) is 74.2 Å². The summed E-state index contributed by atoms with van der Waals surface area (Å²) in [7, 11) is -1.97. The minimum atomic E-state index is -1.97. The zero-order valence-electron chi connectivity index (χ0n) is 17.2. The van der Waals surface area contributed by atoms with Gasteiger partial charge in [-0.2, -0.15) is 0 Å². The van der Waals surface area contributed by atoms with E-state index in [1.165, 1.54) is 19.3 Å². The summed E-state index contributed by atoms with van der Waals surface area (Å²) in [5.41, 5.74) is 0.692. The van der Waals surface area contributed by atoms with Crippen LogP contribution >= 0.6 is 0 Å². The topological polar surface area (TPSA) is 9.23 Å². The Balaban J connectivity index is 3.05. The molecule has 0 aromatic carbocycles. The predicted octanol–water partition coefficient (Wildman–Crippen LogP) is 6.93. The maximum absolute atomic E-state index is 6.92. The van der Waals surface area contributed by atoms with Gasteiger partial charge < -0.3 is 4.43 Å². The molecule has 1 rings (SSSR count). The third kappa shape index (κ3) is 4.43. The van der Waals surface area contributed by atoms with Crippen LogP contribution in [0.3, 0.4) is 0 Å². The highest BCUT2D eigenvalue weighted by molar-refractivity contribution is 6.81. The van der Waals surface area contributed by atoms with E-state index in [0.717, 1.165) is 12.8 Å². The summed E-state index contributed by atoms with van der Waals surface area (Å²) in [6.07, 6.45) is 6.11. The fourth-order valence-corrected chi connectivity index (χ4v) is 12.3. The van der Waals surface area contributed by atoms with Crippen molar-refractivity contribution in [2.24, 2.45) is 5.92 Å². The lowest BCUT2D eigenvalue weighted by molar-refractivity contribution is 0.247. The normalized spacial score (nSPS) is 24.6. The first kappa shape index (κ1) is 20.8. The number of unbranched alkanes of at least 4 members (excludes halogenated alkanes) is 3. The average Bonchev–Trinajstić information content (AvgIpc) is 2.79. The van der Waals surface area contributed by atoms with Gasteiger partial charge in [0.2, 0.25) is 8.32 Å². The molecule has 1 aliphatic rings. The zero-order chi connectivity index (χ0) is 17.9. The molecule has 23 heavy (non-hydrogen) atoms. The zero-order valence-corrected chi connectivity index (χ0v) is 18.2. The average molecular weight is 337 g/mol. The third-order valence-electron chi connectivity index (χ3n) is 5.52. The number of hydrogen-bond donors (Lipinski definition) is 0. The van der Waals surface area contributed by atoms with E-state index in [1.54, 1.807) is 0 Å². The van der Waals surface area contributed by atoms with Gasteiger partial charge in [-0.25, -0.2) is 0 Å². The van der Waals surface area contributed by atoms with E-state index in [0.29, 0.717) is 11.5 Å². The lowest BCUT2D eigenvalue weighted by atomic mass is 10.0. The molecule has 2 heteroatoms. The molecule has 0 amide bonds. The van der Waals surface area contributed by atoms with Crippen molar-refractivity contribution in [3.05, 3.63) is 0 Å². The molecule has 1 unspecified atom stereocenters. The number of rotatable bonds is 4. The second-order valence-electron chi connectivity index (χ2n) is 9.71. The highest BCUT2D eigenvalue weighted by atomic mass is 28.4. The van der Waals surface area contributed by atoms with Gasteiger partial charge in [-0.15, -0.1) is 5.92 Å². The second kappa shape index (κ2) is 7.75. The van der Waals surface area contributed by atoms with Gasteiger partial charge in [-0.05, 0) is 34.4 Å². The van der Waals surface area contributed by atoms with Crippen LogP contribution in [0.1, 0.15) is 94.4 Å². The predicted molar refractivity (Wildman–Crippen MR) is 105 cm³/mol. The molecule has 0 N–H and O–H groups in total. The molecule has 0 radical (unpaired) electrons. The van der Waals surface area contributed by atoms with Crippen molar-refractivity contribution in [3.8, 4) is 11.8 Å². The van der Waals surface area contributed by atoms with E-state index in [9.17, 15) is 0 Å². The Morgan fingerprint density at radius 3 is 2.00 bits per heavy atom. The standard InChI is InChI=1S/C21H40OSi/c1-10-11-12-13-14-15-18-16-19(17(2)3)23(22-18,20(4,5)6)21(7,8)9/h17-19H,10-13,16H2,1-9H3/t18?,19-/m0/s1. The summed E-state index contributed by atoms with van der Waals surface area (Å²) >= 11 is 0. The van der Waals surface area contributed by atoms with Crippen LogP contribution in [0.25, 0.3) is 0 Å². The Hall–Kier alpha value is -0.263. The van der Waals surface area contributed by atoms with Crippen LogP contribution in [0.4, 0.5) is 0 Å². The van der Waals surface area contributed by atoms with Crippen molar-refractivity contribution in [1.29, 1.82) is 0 Å². The first-order chi connectivity index (χ1) is 10.5. The maximum atomic E-state index is 6.92. The molecule has 0 spiro atoms. The highest BCUT2D eigenvalue weighted by Gasteiger charge is 2.64. The molecular formula is C21H40OSi. The van der Waals surface area contributed by atoms with E-state index >= 15 is 0 Å². The monoisotopic (exact) mass is 336 g/mol. The van der Waals surface area contributed by atoms with Gasteiger partial charge in [0.1, 0.15) is 6.10 Å². The summed E-state index contributed by atoms with van der Waals surface area (Å²) in [5.74, 6) is 7.57. The number of hydrogen-bond acceptors (Lipinski definition) is 1. The van der Waals surface area contributed by atoms with E-state index in [1.807, 2.05) is 0 Å². The van der Waals surface area contributed by atoms with Crippen molar-refractivity contribution in [3.63, 3.8) is 0 Å². The SMILES string of the molecule is CCCCCC#CC1C[C@@H](C(C)C)[Si](C(C)(C)C)(C(C)(C)C)O1. The molecule has 0 aromatic heterocycles. The van der Waals surface area contributed by atoms with Crippen LogP contribution in [0, 0.1) is 17.8 Å². The first-order valence-corrected chi connectivity index (χ1v) is 11.6. The van der Waals surface area contributed by atoms with Gasteiger partial charge in [-0.3, -0.25) is 0 Å². The molecule has 0 aromatic rings. The van der Waals surface area contributed by atoms with Crippen molar-refractivity contribution < 1.29 is 4.43 Å². The maximum Gasteiger partial charge on any atom is 0.208 e. The Morgan fingerprint density at radius 2 is 1.61 bits per heavy atom. The highest BCUT2D eigenvalue weighted by Crippen LogP contribution is 2.63. The molecule has 0 aliphatic carbocycles. The largest absolute Gasteiger partial charge is 0.402 e. The Labute approximate surface area is 147 Å². The van der Waals surface area contributed by atoms with Crippen LogP contribution < -0.4 is 0 Å². The summed E-state index contributed by atoms with van der Waals surface area (Å²) in [6.45, 7) is 21.4. The molecule has 2 atom stereocenters. The molecule has 0 bridgehead atoms. The van der Waals surface area contributed by atoms with Gasteiger partial charge in [0, 0.05) is 6.42 Å². The van der Waals surface area contributed by atoms with Crippen molar-refractivity contribution in [2.75, 3.05) is 0 Å². The van der Waals surface area contributed by atoms with Crippen molar-refractivity contribution in [2.45, 2.75) is 116 Å². The second-order valence-corrected chi connectivity index (χ2v) is 15.2. The molecule has 1 aliphatic heterocycles. The molecule has 1 heterocycles. The van der Waals surface area contributed by atoms with Crippen molar-refractivity contribution in [1.82, 2.24) is 0 Å². The summed E-state index contributed by atoms with van der Waals surface area (Å²) < 4.78 is 6.92. The van der Waals surface area contributed by atoms with Crippen LogP contribution in [0.15, 0.2) is 0 Å². The van der Waals surface area contributed by atoms with E-state index < -0.39 is 8.32 Å².